The molecule has 3 heteroatoms. The van der Waals surface area contributed by atoms with Crippen LogP contribution in [0.1, 0.15) is 47.2 Å². The standard InChI is InChI=1S/C18H18.C9H7.C4H10N.2CH3.H4Si.Ti/c1(5-11-17-13-7-3-8-14-17)2-6-12-18-15-9-4-10-16-18;1-2-5-9-7-3-6-8(9)4-1;1-4(2,3)5;;;;/h1-10,13-16H,11-12H2;1-7H;5H,1-3H3;2*1H3;1H4;/q;;-1;;;;+1. The molecule has 1 N–H and O–H groups in total. The van der Waals surface area contributed by atoms with E-state index in [1.54, 1.807) is 0 Å². The maximum atomic E-state index is 3.91. The third-order valence-corrected chi connectivity index (χ3v) is 11.4. The summed E-state index contributed by atoms with van der Waals surface area (Å²) in [7, 11) is 0. The summed E-state index contributed by atoms with van der Waals surface area (Å²) in [5.74, 6) is 0. The van der Waals surface area contributed by atoms with E-state index in [1.165, 1.54) is 22.3 Å². The SMILES string of the molecule is C(C=CCc1ccccc1)=CCc1ccccc1.CC(C)(C)[NH][Ti]([CH3])([CH3])[CH]1C=Cc2ccccc21.[SiH4]. The first-order chi connectivity index (χ1) is 16.7. The Labute approximate surface area is 228 Å². The number of hydrogen-bond donors (Lipinski definition) is 1. The number of benzene rings is 3. The van der Waals surface area contributed by atoms with Crippen LogP contribution in [0.3, 0.4) is 0 Å². The average molecular weight is 532 g/mol. The quantitative estimate of drug-likeness (QED) is 0.247. The normalized spacial score (nSPS) is 14.9. The summed E-state index contributed by atoms with van der Waals surface area (Å²) in [6.45, 7) is 6.81. The Morgan fingerprint density at radius 3 is 1.69 bits per heavy atom. The first-order valence-corrected chi connectivity index (χ1v) is 17.5. The van der Waals surface area contributed by atoms with Gasteiger partial charge in [0.15, 0.2) is 0 Å². The molecule has 1 aliphatic carbocycles. The van der Waals surface area contributed by atoms with E-state index in [0.29, 0.717) is 4.22 Å². The molecular formula is C33H45NSiTi. The predicted molar refractivity (Wildman–Crippen MR) is 163 cm³/mol. The van der Waals surface area contributed by atoms with Gasteiger partial charge >= 0.3 is 109 Å². The summed E-state index contributed by atoms with van der Waals surface area (Å²) < 4.78 is 4.56. The van der Waals surface area contributed by atoms with Gasteiger partial charge in [-0.05, 0) is 34.9 Å². The Morgan fingerprint density at radius 1 is 0.722 bits per heavy atom. The van der Waals surface area contributed by atoms with Gasteiger partial charge in [0.25, 0.3) is 0 Å². The smallest absolute Gasteiger partial charge is 0.0149 e. The van der Waals surface area contributed by atoms with Gasteiger partial charge in [-0.3, -0.25) is 0 Å². The van der Waals surface area contributed by atoms with Gasteiger partial charge in [-0.1, -0.05) is 85.0 Å². The molecular weight excluding hydrogens is 486 g/mol. The fraction of sp³-hybridized carbons (Fsp3) is 0.273. The molecule has 0 bridgehead atoms. The second-order valence-corrected chi connectivity index (χ2v) is 17.5. The molecule has 3 aromatic carbocycles. The Kier molecular flexibility index (Phi) is 12.1. The van der Waals surface area contributed by atoms with E-state index >= 15 is 0 Å². The van der Waals surface area contributed by atoms with Crippen LogP contribution >= 0.6 is 0 Å². The van der Waals surface area contributed by atoms with Gasteiger partial charge in [0, 0.05) is 0 Å². The summed E-state index contributed by atoms with van der Waals surface area (Å²) >= 11 is -2.04. The molecule has 4 rings (SSSR count). The molecule has 0 saturated carbocycles. The van der Waals surface area contributed by atoms with E-state index in [9.17, 15) is 0 Å². The van der Waals surface area contributed by atoms with E-state index < -0.39 is 16.8 Å². The van der Waals surface area contributed by atoms with E-state index in [4.69, 9.17) is 0 Å². The minimum Gasteiger partial charge on any atom is -0.0149 e. The van der Waals surface area contributed by atoms with Crippen LogP contribution in [-0.4, -0.2) is 16.5 Å². The Hall–Kier alpha value is -2.23. The summed E-state index contributed by atoms with van der Waals surface area (Å²) in [5.41, 5.74) is 5.85. The maximum Gasteiger partial charge on any atom is -0.0149 e. The molecule has 0 aromatic heterocycles. The minimum atomic E-state index is -2.04. The zero-order valence-electron chi connectivity index (χ0n) is 22.0. The first-order valence-electron chi connectivity index (χ1n) is 12.7. The van der Waals surface area contributed by atoms with Crippen molar-refractivity contribution in [1.82, 2.24) is 3.80 Å². The van der Waals surface area contributed by atoms with Gasteiger partial charge in [-0.15, -0.1) is 0 Å². The summed E-state index contributed by atoms with van der Waals surface area (Å²) in [5, 5.41) is 4.95. The first kappa shape index (κ1) is 30.0. The molecule has 1 aliphatic rings. The molecule has 0 aliphatic heterocycles. The molecule has 1 unspecified atom stereocenters. The van der Waals surface area contributed by atoms with E-state index in [2.05, 4.69) is 144 Å². The zero-order valence-corrected chi connectivity index (χ0v) is 23.6. The molecule has 0 heterocycles. The number of hydrogen-bond acceptors (Lipinski definition) is 1. The predicted octanol–water partition coefficient (Wildman–Crippen LogP) is 7.44. The van der Waals surface area contributed by atoms with Crippen molar-refractivity contribution in [3.8, 4) is 0 Å². The fourth-order valence-electron chi connectivity index (χ4n) is 4.72. The monoisotopic (exact) mass is 531 g/mol. The summed E-state index contributed by atoms with van der Waals surface area (Å²) in [6, 6.07) is 29.8. The Morgan fingerprint density at radius 2 is 1.19 bits per heavy atom. The molecule has 36 heavy (non-hydrogen) atoms. The van der Waals surface area contributed by atoms with E-state index in [1.807, 2.05) is 12.1 Å². The number of nitrogens with one attached hydrogen (secondary N) is 1. The van der Waals surface area contributed by atoms with Gasteiger partial charge in [-0.2, -0.15) is 0 Å². The van der Waals surface area contributed by atoms with E-state index in [0.717, 1.165) is 12.8 Å². The fourth-order valence-corrected chi connectivity index (χ4v) is 10.5. The van der Waals surface area contributed by atoms with Crippen molar-refractivity contribution in [2.75, 3.05) is 0 Å². The van der Waals surface area contributed by atoms with E-state index in [-0.39, 0.29) is 16.5 Å². The van der Waals surface area contributed by atoms with Crippen molar-refractivity contribution in [3.05, 3.63) is 138 Å². The zero-order chi connectivity index (χ0) is 25.2. The molecule has 190 valence electrons. The van der Waals surface area contributed by atoms with Gasteiger partial charge in [0.1, 0.15) is 0 Å². The van der Waals surface area contributed by atoms with Crippen LogP contribution in [0, 0.1) is 0 Å². The Balaban J connectivity index is 0.000000247. The minimum absolute atomic E-state index is 0. The van der Waals surface area contributed by atoms with Gasteiger partial charge < -0.3 is 0 Å². The number of fused-ring (bicyclic) bond motifs is 1. The maximum absolute atomic E-state index is 3.91. The molecule has 3 aromatic rings. The Bertz CT molecular complexity index is 1080. The third-order valence-electron chi connectivity index (χ3n) is 6.05. The molecule has 0 spiro atoms. The molecule has 0 fully saturated rings. The topological polar surface area (TPSA) is 12.0 Å². The van der Waals surface area contributed by atoms with Crippen LogP contribution < -0.4 is 3.80 Å². The summed E-state index contributed by atoms with van der Waals surface area (Å²) in [6.07, 6.45) is 15.3. The average Bonchev–Trinajstić information content (AvgIpc) is 3.27. The van der Waals surface area contributed by atoms with Crippen LogP contribution in [0.5, 0.6) is 0 Å². The van der Waals surface area contributed by atoms with Crippen LogP contribution in [0.15, 0.2) is 115 Å². The molecule has 1 atom stereocenters. The van der Waals surface area contributed by atoms with Crippen LogP contribution in [0.25, 0.3) is 6.08 Å². The molecule has 0 saturated heterocycles. The number of allylic oxidation sites excluding steroid dienone is 5. The van der Waals surface area contributed by atoms with Crippen molar-refractivity contribution in [1.29, 1.82) is 0 Å². The molecule has 1 nitrogen and oxygen atoms in total. The van der Waals surface area contributed by atoms with Crippen molar-refractivity contribution >= 4 is 17.0 Å². The molecule has 0 amide bonds. The number of rotatable bonds is 7. The van der Waals surface area contributed by atoms with Crippen molar-refractivity contribution in [2.45, 2.75) is 53.8 Å². The van der Waals surface area contributed by atoms with Gasteiger partial charge in [-0.25, -0.2) is 0 Å². The van der Waals surface area contributed by atoms with Crippen molar-refractivity contribution < 1.29 is 16.8 Å². The van der Waals surface area contributed by atoms with Crippen LogP contribution in [-0.2, 0) is 29.7 Å². The largest absolute Gasteiger partial charge is 0.0149 e. The second kappa shape index (κ2) is 14.5. The molecule has 0 radical (unpaired) electrons. The second-order valence-electron chi connectivity index (χ2n) is 10.8. The van der Waals surface area contributed by atoms with Gasteiger partial charge in [0.2, 0.25) is 0 Å². The van der Waals surface area contributed by atoms with Crippen LogP contribution in [0.4, 0.5) is 0 Å². The third kappa shape index (κ3) is 10.0. The van der Waals surface area contributed by atoms with Crippen molar-refractivity contribution in [3.63, 3.8) is 0 Å². The van der Waals surface area contributed by atoms with Gasteiger partial charge in [0.05, 0.1) is 0 Å². The van der Waals surface area contributed by atoms with Crippen LogP contribution in [0.2, 0.25) is 10.5 Å². The van der Waals surface area contributed by atoms with Crippen molar-refractivity contribution in [2.24, 2.45) is 0 Å². The summed E-state index contributed by atoms with van der Waals surface area (Å²) in [4.78, 5) is 0.